The van der Waals surface area contributed by atoms with Crippen molar-refractivity contribution in [2.24, 2.45) is 0 Å². The Balaban J connectivity index is 2.53. The van der Waals surface area contributed by atoms with Crippen molar-refractivity contribution >= 4 is 0 Å². The van der Waals surface area contributed by atoms with Crippen molar-refractivity contribution in [2.45, 2.75) is 12.5 Å². The molecule has 1 unspecified atom stereocenters. The lowest BCUT2D eigenvalue weighted by molar-refractivity contribution is 0.227. The van der Waals surface area contributed by atoms with E-state index in [2.05, 4.69) is 0 Å². The van der Waals surface area contributed by atoms with Crippen LogP contribution in [0.5, 0.6) is 0 Å². The van der Waals surface area contributed by atoms with E-state index in [1.54, 1.807) is 12.2 Å². The predicted molar refractivity (Wildman–Crippen MR) is 52.2 cm³/mol. The summed E-state index contributed by atoms with van der Waals surface area (Å²) in [5, 5.41) is 18.1. The zero-order valence-electron chi connectivity index (χ0n) is 7.43. The van der Waals surface area contributed by atoms with Gasteiger partial charge in [-0.2, -0.15) is 0 Å². The van der Waals surface area contributed by atoms with Gasteiger partial charge in [0.2, 0.25) is 0 Å². The topological polar surface area (TPSA) is 40.5 Å². The maximum absolute atomic E-state index is 9.58. The smallest absolute Gasteiger partial charge is 0.0971 e. The molecule has 0 radical (unpaired) electrons. The molecule has 0 fully saturated rings. The molecule has 1 atom stereocenters. The van der Waals surface area contributed by atoms with Gasteiger partial charge in [0.15, 0.2) is 0 Å². The molecule has 2 nitrogen and oxygen atoms in total. The Labute approximate surface area is 78.2 Å². The zero-order chi connectivity index (χ0) is 9.52. The number of aliphatic hydroxyl groups is 2. The lowest BCUT2D eigenvalue weighted by atomic mass is 10.1. The van der Waals surface area contributed by atoms with Crippen LogP contribution in [0.2, 0.25) is 0 Å². The van der Waals surface area contributed by atoms with Gasteiger partial charge in [0, 0.05) is 6.61 Å². The summed E-state index contributed by atoms with van der Waals surface area (Å²) in [7, 11) is 0. The summed E-state index contributed by atoms with van der Waals surface area (Å²) in [6.45, 7) is 0.123. The predicted octanol–water partition coefficient (Wildman–Crippen LogP) is 1.66. The Morgan fingerprint density at radius 3 is 2.54 bits per heavy atom. The summed E-state index contributed by atoms with van der Waals surface area (Å²) in [5.74, 6) is 0. The van der Waals surface area contributed by atoms with E-state index in [1.165, 1.54) is 0 Å². The maximum atomic E-state index is 9.58. The van der Waals surface area contributed by atoms with E-state index in [9.17, 15) is 5.11 Å². The molecule has 0 amide bonds. The van der Waals surface area contributed by atoms with Crippen molar-refractivity contribution in [3.8, 4) is 0 Å². The summed E-state index contributed by atoms with van der Waals surface area (Å²) in [6, 6.07) is 9.42. The van der Waals surface area contributed by atoms with Crippen molar-refractivity contribution in [3.63, 3.8) is 0 Å². The van der Waals surface area contributed by atoms with Gasteiger partial charge in [-0.1, -0.05) is 42.5 Å². The maximum Gasteiger partial charge on any atom is 0.0971 e. The molecular formula is C11H14O2. The van der Waals surface area contributed by atoms with Gasteiger partial charge in [-0.3, -0.25) is 0 Å². The molecular weight excluding hydrogens is 164 g/mol. The van der Waals surface area contributed by atoms with Gasteiger partial charge in [0.25, 0.3) is 0 Å². The average molecular weight is 178 g/mol. The summed E-state index contributed by atoms with van der Waals surface area (Å²) < 4.78 is 0. The molecule has 0 bridgehead atoms. The van der Waals surface area contributed by atoms with E-state index >= 15 is 0 Å². The average Bonchev–Trinajstić information content (AvgIpc) is 2.19. The van der Waals surface area contributed by atoms with Gasteiger partial charge in [0.05, 0.1) is 6.10 Å². The summed E-state index contributed by atoms with van der Waals surface area (Å²) in [4.78, 5) is 0. The van der Waals surface area contributed by atoms with Crippen molar-refractivity contribution in [1.82, 2.24) is 0 Å². The lowest BCUT2D eigenvalue weighted by Crippen LogP contribution is -1.92. The van der Waals surface area contributed by atoms with Crippen LogP contribution in [-0.2, 0) is 0 Å². The molecule has 0 aliphatic heterocycles. The highest BCUT2D eigenvalue weighted by Crippen LogP contribution is 2.12. The molecule has 0 spiro atoms. The van der Waals surface area contributed by atoms with Crippen LogP contribution in [0.3, 0.4) is 0 Å². The van der Waals surface area contributed by atoms with Crippen molar-refractivity contribution in [3.05, 3.63) is 48.0 Å². The summed E-state index contributed by atoms with van der Waals surface area (Å²) in [5.41, 5.74) is 0.872. The van der Waals surface area contributed by atoms with E-state index in [1.807, 2.05) is 30.3 Å². The molecule has 0 aliphatic rings. The Morgan fingerprint density at radius 2 is 1.92 bits per heavy atom. The van der Waals surface area contributed by atoms with Gasteiger partial charge in [-0.05, 0) is 12.0 Å². The highest BCUT2D eigenvalue weighted by Gasteiger charge is 1.99. The molecule has 2 heteroatoms. The van der Waals surface area contributed by atoms with Crippen molar-refractivity contribution in [1.29, 1.82) is 0 Å². The fourth-order valence-corrected chi connectivity index (χ4v) is 1.06. The third-order valence-electron chi connectivity index (χ3n) is 1.76. The number of benzene rings is 1. The molecule has 0 saturated carbocycles. The highest BCUT2D eigenvalue weighted by molar-refractivity contribution is 5.20. The van der Waals surface area contributed by atoms with E-state index in [0.29, 0.717) is 6.42 Å². The number of rotatable bonds is 4. The molecule has 1 rings (SSSR count). The third kappa shape index (κ3) is 3.40. The van der Waals surface area contributed by atoms with Gasteiger partial charge in [0.1, 0.15) is 0 Å². The standard InChI is InChI=1S/C11H14O2/c12-9-5-4-8-11(13)10-6-2-1-3-7-10/h1-4,6-8,11-13H,5,9H2/b8-4-. The summed E-state index contributed by atoms with van der Waals surface area (Å²) in [6.07, 6.45) is 3.49. The van der Waals surface area contributed by atoms with Gasteiger partial charge in [-0.15, -0.1) is 0 Å². The molecule has 0 aromatic heterocycles. The van der Waals surface area contributed by atoms with Gasteiger partial charge < -0.3 is 10.2 Å². The Hall–Kier alpha value is -1.12. The highest BCUT2D eigenvalue weighted by atomic mass is 16.3. The van der Waals surface area contributed by atoms with Crippen LogP contribution in [0.1, 0.15) is 18.1 Å². The van der Waals surface area contributed by atoms with Crippen LogP contribution in [0.15, 0.2) is 42.5 Å². The van der Waals surface area contributed by atoms with Crippen LogP contribution in [0.25, 0.3) is 0 Å². The first-order valence-electron chi connectivity index (χ1n) is 4.35. The normalized spacial score (nSPS) is 13.4. The largest absolute Gasteiger partial charge is 0.396 e. The Kier molecular flexibility index (Phi) is 4.23. The molecule has 1 aromatic carbocycles. The second-order valence-electron chi connectivity index (χ2n) is 2.80. The Bertz CT molecular complexity index is 254. The van der Waals surface area contributed by atoms with Crippen LogP contribution in [0.4, 0.5) is 0 Å². The second-order valence-corrected chi connectivity index (χ2v) is 2.80. The first kappa shape index (κ1) is 9.96. The first-order valence-corrected chi connectivity index (χ1v) is 4.35. The minimum absolute atomic E-state index is 0.123. The first-order chi connectivity index (χ1) is 6.34. The quantitative estimate of drug-likeness (QED) is 0.688. The van der Waals surface area contributed by atoms with Crippen LogP contribution < -0.4 is 0 Å². The van der Waals surface area contributed by atoms with E-state index in [4.69, 9.17) is 5.11 Å². The van der Waals surface area contributed by atoms with E-state index in [-0.39, 0.29) is 6.61 Å². The number of hydrogen-bond donors (Lipinski definition) is 2. The van der Waals surface area contributed by atoms with Crippen molar-refractivity contribution < 1.29 is 10.2 Å². The third-order valence-corrected chi connectivity index (χ3v) is 1.76. The molecule has 0 aliphatic carbocycles. The second kappa shape index (κ2) is 5.51. The van der Waals surface area contributed by atoms with Gasteiger partial charge in [-0.25, -0.2) is 0 Å². The van der Waals surface area contributed by atoms with Crippen LogP contribution in [0, 0.1) is 0 Å². The minimum Gasteiger partial charge on any atom is -0.396 e. The lowest BCUT2D eigenvalue weighted by Gasteiger charge is -2.04. The van der Waals surface area contributed by atoms with Crippen LogP contribution >= 0.6 is 0 Å². The molecule has 0 saturated heterocycles. The summed E-state index contributed by atoms with van der Waals surface area (Å²) >= 11 is 0. The number of aliphatic hydroxyl groups excluding tert-OH is 2. The number of hydrogen-bond acceptors (Lipinski definition) is 2. The SMILES string of the molecule is OCC/C=C\C(O)c1ccccc1. The molecule has 13 heavy (non-hydrogen) atoms. The fraction of sp³-hybridized carbons (Fsp3) is 0.273. The molecule has 1 aromatic rings. The minimum atomic E-state index is -0.562. The van der Waals surface area contributed by atoms with E-state index in [0.717, 1.165) is 5.56 Å². The van der Waals surface area contributed by atoms with Crippen molar-refractivity contribution in [2.75, 3.05) is 6.61 Å². The molecule has 2 N–H and O–H groups in total. The monoisotopic (exact) mass is 178 g/mol. The Morgan fingerprint density at radius 1 is 1.23 bits per heavy atom. The van der Waals surface area contributed by atoms with Crippen LogP contribution in [-0.4, -0.2) is 16.8 Å². The zero-order valence-corrected chi connectivity index (χ0v) is 7.43. The van der Waals surface area contributed by atoms with Gasteiger partial charge >= 0.3 is 0 Å². The molecule has 0 heterocycles. The van der Waals surface area contributed by atoms with E-state index < -0.39 is 6.10 Å². The molecule has 70 valence electrons. The fourth-order valence-electron chi connectivity index (χ4n) is 1.06.